The van der Waals surface area contributed by atoms with Gasteiger partial charge in [-0.05, 0) is 25.8 Å². The highest BCUT2D eigenvalue weighted by Crippen LogP contribution is 2.51. The zero-order chi connectivity index (χ0) is 21.0. The normalized spacial score (nSPS) is 24.3. The van der Waals surface area contributed by atoms with Crippen LogP contribution in [-0.4, -0.2) is 23.2 Å². The van der Waals surface area contributed by atoms with Crippen molar-refractivity contribution < 1.29 is 14.3 Å². The van der Waals surface area contributed by atoms with Crippen LogP contribution < -0.4 is 21.3 Å². The lowest BCUT2D eigenvalue weighted by Crippen LogP contribution is -2.48. The van der Waals surface area contributed by atoms with Gasteiger partial charge in [-0.15, -0.1) is 0 Å². The Balaban J connectivity index is 1.83. The summed E-state index contributed by atoms with van der Waals surface area (Å²) in [5.74, 6) is -0.464. The molecule has 8 heteroatoms. The van der Waals surface area contributed by atoms with Gasteiger partial charge in [0.15, 0.2) is 5.41 Å². The second kappa shape index (κ2) is 6.47. The van der Waals surface area contributed by atoms with Crippen LogP contribution in [-0.2, 0) is 21.5 Å². The van der Waals surface area contributed by atoms with Crippen LogP contribution in [0.25, 0.3) is 0 Å². The molecule has 3 aliphatic heterocycles. The van der Waals surface area contributed by atoms with Crippen LogP contribution in [0.4, 0.5) is 5.69 Å². The van der Waals surface area contributed by atoms with Gasteiger partial charge in [-0.3, -0.25) is 9.59 Å². The number of benzene rings is 1. The number of aryl methyl sites for hydroxylation is 1. The van der Waals surface area contributed by atoms with Crippen LogP contribution in [0.1, 0.15) is 29.7 Å². The molecule has 3 aliphatic rings. The number of nitrogens with one attached hydrogen (secondary N) is 1. The number of para-hydroxylation sites is 1. The number of amides is 1. The van der Waals surface area contributed by atoms with Crippen molar-refractivity contribution in [2.75, 3.05) is 11.9 Å². The molecule has 8 nitrogen and oxygen atoms in total. The van der Waals surface area contributed by atoms with E-state index in [0.717, 1.165) is 12.8 Å². The Bertz CT molecular complexity index is 1220. The highest BCUT2D eigenvalue weighted by molar-refractivity contribution is 6.12. The minimum Gasteiger partial charge on any atom is -0.440 e. The third kappa shape index (κ3) is 2.30. The summed E-state index contributed by atoms with van der Waals surface area (Å²) in [5, 5.41) is 12.7. The van der Waals surface area contributed by atoms with E-state index < -0.39 is 11.3 Å². The van der Waals surface area contributed by atoms with Crippen molar-refractivity contribution in [2.45, 2.75) is 37.8 Å². The lowest BCUT2D eigenvalue weighted by Gasteiger charge is -2.34. The first kappa shape index (κ1) is 18.5. The molecular weight excluding hydrogens is 384 g/mol. The number of nitrogens with zero attached hydrogens (tertiary/aromatic N) is 2. The molecule has 2 aromatic rings. The molecule has 0 radical (unpaired) electrons. The molecule has 0 saturated carbocycles. The Hall–Kier alpha value is -3.57. The minimum atomic E-state index is -1.65. The molecule has 1 aromatic heterocycles. The lowest BCUT2D eigenvalue weighted by atomic mass is 9.69. The summed E-state index contributed by atoms with van der Waals surface area (Å²) >= 11 is 0. The van der Waals surface area contributed by atoms with E-state index in [1.54, 1.807) is 41.8 Å². The highest BCUT2D eigenvalue weighted by Gasteiger charge is 2.58. The Morgan fingerprint density at radius 3 is 2.90 bits per heavy atom. The first-order valence-corrected chi connectivity index (χ1v) is 9.84. The average Bonchev–Trinajstić information content (AvgIpc) is 3.32. The van der Waals surface area contributed by atoms with E-state index in [1.165, 1.54) is 0 Å². The van der Waals surface area contributed by atoms with Crippen molar-refractivity contribution in [3.05, 3.63) is 69.0 Å². The number of nitriles is 1. The van der Waals surface area contributed by atoms with E-state index in [9.17, 15) is 14.9 Å². The fourth-order valence-electron chi connectivity index (χ4n) is 4.76. The zero-order valence-corrected chi connectivity index (χ0v) is 16.4. The average molecular weight is 404 g/mol. The number of nitrogens with two attached hydrogens (primary N) is 1. The Labute approximate surface area is 172 Å². The highest BCUT2D eigenvalue weighted by atomic mass is 16.5. The van der Waals surface area contributed by atoms with Gasteiger partial charge in [-0.25, -0.2) is 0 Å². The number of carbonyl (C=O) groups excluding carboxylic acids is 1. The maximum atomic E-state index is 13.8. The molecule has 0 unspecified atom stereocenters. The fourth-order valence-corrected chi connectivity index (χ4v) is 4.76. The SMILES string of the molecule is Cc1cc2c(c(=O)n1C[C@@H]1CCCO1)[C@]1(C(=O)Nc3ccccc31)C(C#N)=C(N)O2. The predicted molar refractivity (Wildman–Crippen MR) is 108 cm³/mol. The second-order valence-corrected chi connectivity index (χ2v) is 7.78. The number of pyridine rings is 1. The summed E-state index contributed by atoms with van der Waals surface area (Å²) in [6.07, 6.45) is 1.74. The fraction of sp³-hybridized carbons (Fsp3) is 0.318. The molecule has 0 aliphatic carbocycles. The molecular formula is C22H20N4O4. The summed E-state index contributed by atoms with van der Waals surface area (Å²) in [5.41, 5.74) is 5.81. The van der Waals surface area contributed by atoms with Gasteiger partial charge in [0.05, 0.1) is 18.2 Å². The molecule has 1 saturated heterocycles. The molecule has 30 heavy (non-hydrogen) atoms. The molecule has 1 amide bonds. The third-order valence-corrected chi connectivity index (χ3v) is 6.13. The monoisotopic (exact) mass is 404 g/mol. The summed E-state index contributed by atoms with van der Waals surface area (Å²) in [6.45, 7) is 2.84. The van der Waals surface area contributed by atoms with Gasteiger partial charge >= 0.3 is 0 Å². The quantitative estimate of drug-likeness (QED) is 0.786. The van der Waals surface area contributed by atoms with Gasteiger partial charge in [0, 0.05) is 29.6 Å². The predicted octanol–water partition coefficient (Wildman–Crippen LogP) is 1.66. The number of hydrogen-bond donors (Lipinski definition) is 2. The number of hydrogen-bond acceptors (Lipinski definition) is 6. The molecule has 1 fully saturated rings. The van der Waals surface area contributed by atoms with E-state index in [2.05, 4.69) is 5.32 Å². The van der Waals surface area contributed by atoms with Gasteiger partial charge in [0.1, 0.15) is 17.4 Å². The topological polar surface area (TPSA) is 119 Å². The number of fused-ring (bicyclic) bond motifs is 4. The molecule has 3 N–H and O–H groups in total. The van der Waals surface area contributed by atoms with Crippen LogP contribution in [0.2, 0.25) is 0 Å². The maximum absolute atomic E-state index is 13.8. The van der Waals surface area contributed by atoms with Crippen LogP contribution in [0, 0.1) is 18.3 Å². The Kier molecular flexibility index (Phi) is 3.98. The lowest BCUT2D eigenvalue weighted by molar-refractivity contribution is -0.118. The molecule has 152 valence electrons. The third-order valence-electron chi connectivity index (χ3n) is 6.13. The smallest absolute Gasteiger partial charge is 0.259 e. The van der Waals surface area contributed by atoms with Gasteiger partial charge in [0.2, 0.25) is 11.8 Å². The largest absolute Gasteiger partial charge is 0.440 e. The van der Waals surface area contributed by atoms with E-state index in [1.807, 2.05) is 6.07 Å². The second-order valence-electron chi connectivity index (χ2n) is 7.78. The standard InChI is InChI=1S/C22H20N4O4/c1-12-9-17-18(20(27)26(12)11-13-5-4-8-29-13)22(15(10-23)19(24)30-17)14-6-2-3-7-16(14)25-21(22)28/h2-3,6-7,9,13H,4-5,8,11,24H2,1H3,(H,25,28)/t13-,22+/m0/s1. The summed E-state index contributed by atoms with van der Waals surface area (Å²) in [7, 11) is 0. The van der Waals surface area contributed by atoms with Crippen molar-refractivity contribution in [3.8, 4) is 11.8 Å². The molecule has 1 aromatic carbocycles. The van der Waals surface area contributed by atoms with Gasteiger partial charge < -0.3 is 25.1 Å². The minimum absolute atomic E-state index is 0.0688. The molecule has 5 rings (SSSR count). The first-order valence-electron chi connectivity index (χ1n) is 9.84. The first-order chi connectivity index (χ1) is 14.5. The number of rotatable bonds is 2. The van der Waals surface area contributed by atoms with Crippen LogP contribution >= 0.6 is 0 Å². The zero-order valence-electron chi connectivity index (χ0n) is 16.4. The number of ether oxygens (including phenoxy) is 2. The van der Waals surface area contributed by atoms with Crippen molar-refractivity contribution in [2.24, 2.45) is 5.73 Å². The van der Waals surface area contributed by atoms with E-state index in [-0.39, 0.29) is 34.4 Å². The van der Waals surface area contributed by atoms with Crippen molar-refractivity contribution in [1.29, 1.82) is 5.26 Å². The maximum Gasteiger partial charge on any atom is 0.259 e. The summed E-state index contributed by atoms with van der Waals surface area (Å²) in [4.78, 5) is 27.2. The molecule has 4 heterocycles. The van der Waals surface area contributed by atoms with E-state index >= 15 is 0 Å². The molecule has 0 bridgehead atoms. The van der Waals surface area contributed by atoms with Crippen molar-refractivity contribution in [1.82, 2.24) is 4.57 Å². The van der Waals surface area contributed by atoms with E-state index in [0.29, 0.717) is 30.1 Å². The number of carbonyl (C=O) groups is 1. The van der Waals surface area contributed by atoms with Crippen LogP contribution in [0.3, 0.4) is 0 Å². The number of anilines is 1. The van der Waals surface area contributed by atoms with Gasteiger partial charge in [-0.2, -0.15) is 5.26 Å². The number of aromatic nitrogens is 1. The Morgan fingerprint density at radius 1 is 1.37 bits per heavy atom. The Morgan fingerprint density at radius 2 is 2.17 bits per heavy atom. The van der Waals surface area contributed by atoms with Gasteiger partial charge in [0.25, 0.3) is 5.56 Å². The van der Waals surface area contributed by atoms with Crippen LogP contribution in [0.5, 0.6) is 5.75 Å². The molecule has 2 atom stereocenters. The van der Waals surface area contributed by atoms with Crippen molar-refractivity contribution >= 4 is 11.6 Å². The van der Waals surface area contributed by atoms with Gasteiger partial charge in [-0.1, -0.05) is 18.2 Å². The summed E-state index contributed by atoms with van der Waals surface area (Å²) < 4.78 is 13.0. The summed E-state index contributed by atoms with van der Waals surface area (Å²) in [6, 6.07) is 10.7. The van der Waals surface area contributed by atoms with Crippen molar-refractivity contribution in [3.63, 3.8) is 0 Å². The van der Waals surface area contributed by atoms with Crippen LogP contribution in [0.15, 0.2) is 46.6 Å². The van der Waals surface area contributed by atoms with E-state index in [4.69, 9.17) is 15.2 Å². The molecule has 1 spiro atoms.